The van der Waals surface area contributed by atoms with Crippen molar-refractivity contribution in [1.29, 1.82) is 0 Å². The molecule has 3 rings (SSSR count). The summed E-state index contributed by atoms with van der Waals surface area (Å²) in [6.07, 6.45) is 1.99. The highest BCUT2D eigenvalue weighted by Gasteiger charge is 2.27. The Bertz CT molecular complexity index is 526. The Hall–Kier alpha value is -1.72. The normalized spacial score (nSPS) is 22.8. The molecule has 0 saturated carbocycles. The van der Waals surface area contributed by atoms with Crippen LogP contribution in [0.2, 0.25) is 0 Å². The Labute approximate surface area is 111 Å². The lowest BCUT2D eigenvalue weighted by Crippen LogP contribution is -2.15. The van der Waals surface area contributed by atoms with Crippen LogP contribution in [0.3, 0.4) is 0 Å². The minimum atomic E-state index is -0.315. The Balaban J connectivity index is 1.59. The molecule has 0 aliphatic carbocycles. The Kier molecular flexibility index (Phi) is 3.57. The van der Waals surface area contributed by atoms with Gasteiger partial charge in [-0.3, -0.25) is 0 Å². The van der Waals surface area contributed by atoms with Crippen molar-refractivity contribution in [1.82, 2.24) is 15.5 Å². The van der Waals surface area contributed by atoms with Crippen LogP contribution >= 0.6 is 0 Å². The second-order valence-corrected chi connectivity index (χ2v) is 4.88. The van der Waals surface area contributed by atoms with E-state index in [4.69, 9.17) is 4.52 Å². The number of rotatable bonds is 4. The van der Waals surface area contributed by atoms with Crippen LogP contribution in [0.25, 0.3) is 0 Å². The molecular formula is C14H17N3O2. The maximum absolute atomic E-state index is 9.47. The highest BCUT2D eigenvalue weighted by atomic mass is 16.5. The molecule has 0 spiro atoms. The number of aliphatic hydroxyl groups is 1. The van der Waals surface area contributed by atoms with E-state index in [1.54, 1.807) is 0 Å². The molecule has 0 radical (unpaired) electrons. The zero-order valence-corrected chi connectivity index (χ0v) is 10.6. The molecule has 1 fully saturated rings. The summed E-state index contributed by atoms with van der Waals surface area (Å²) in [6, 6.07) is 10.2. The van der Waals surface area contributed by atoms with Gasteiger partial charge in [0.1, 0.15) is 0 Å². The van der Waals surface area contributed by atoms with Gasteiger partial charge in [-0.15, -0.1) is 0 Å². The predicted octanol–water partition coefficient (Wildman–Crippen LogP) is 1.25. The Morgan fingerprint density at radius 1 is 1.26 bits per heavy atom. The zero-order chi connectivity index (χ0) is 13.1. The van der Waals surface area contributed by atoms with Crippen molar-refractivity contribution >= 4 is 0 Å². The number of nitrogens with zero attached hydrogens (tertiary/aromatic N) is 2. The van der Waals surface area contributed by atoms with E-state index in [0.717, 1.165) is 18.7 Å². The van der Waals surface area contributed by atoms with Crippen molar-refractivity contribution in [2.45, 2.75) is 31.4 Å². The van der Waals surface area contributed by atoms with Crippen LogP contribution in [-0.4, -0.2) is 27.9 Å². The van der Waals surface area contributed by atoms with Crippen LogP contribution in [-0.2, 0) is 12.8 Å². The van der Waals surface area contributed by atoms with E-state index in [0.29, 0.717) is 18.9 Å². The fourth-order valence-electron chi connectivity index (χ4n) is 2.32. The maximum Gasteiger partial charge on any atom is 0.243 e. The number of β-amino-alcohol motifs (C(OH)–C–C–N with tert-alkyl or cyclic N) is 1. The minimum absolute atomic E-state index is 0.00650. The molecule has 100 valence electrons. The Morgan fingerprint density at radius 2 is 2.11 bits per heavy atom. The molecule has 0 unspecified atom stereocenters. The first-order valence-corrected chi connectivity index (χ1v) is 6.59. The van der Waals surface area contributed by atoms with E-state index in [1.165, 1.54) is 5.56 Å². The van der Waals surface area contributed by atoms with Crippen molar-refractivity contribution in [3.8, 4) is 0 Å². The number of aryl methyl sites for hydroxylation is 2. The van der Waals surface area contributed by atoms with Gasteiger partial charge in [-0.2, -0.15) is 4.98 Å². The van der Waals surface area contributed by atoms with Crippen molar-refractivity contribution in [2.75, 3.05) is 6.54 Å². The summed E-state index contributed by atoms with van der Waals surface area (Å²) in [5.74, 6) is 1.31. The lowest BCUT2D eigenvalue weighted by molar-refractivity contribution is 0.191. The van der Waals surface area contributed by atoms with E-state index >= 15 is 0 Å². The number of aromatic nitrogens is 2. The first kappa shape index (κ1) is 12.3. The zero-order valence-electron chi connectivity index (χ0n) is 10.6. The highest BCUT2D eigenvalue weighted by molar-refractivity contribution is 5.15. The van der Waals surface area contributed by atoms with E-state index in [-0.39, 0.29) is 12.1 Å². The summed E-state index contributed by atoms with van der Waals surface area (Å²) >= 11 is 0. The monoisotopic (exact) mass is 259 g/mol. The van der Waals surface area contributed by atoms with Gasteiger partial charge in [-0.25, -0.2) is 0 Å². The Morgan fingerprint density at radius 3 is 2.84 bits per heavy atom. The van der Waals surface area contributed by atoms with Crippen molar-refractivity contribution < 1.29 is 9.63 Å². The molecule has 0 amide bonds. The van der Waals surface area contributed by atoms with E-state index in [2.05, 4.69) is 27.6 Å². The van der Waals surface area contributed by atoms with Crippen molar-refractivity contribution in [3.05, 3.63) is 47.6 Å². The molecule has 19 heavy (non-hydrogen) atoms. The quantitative estimate of drug-likeness (QED) is 0.864. The molecule has 1 aliphatic rings. The van der Waals surface area contributed by atoms with Crippen LogP contribution in [0.5, 0.6) is 0 Å². The minimum Gasteiger partial charge on any atom is -0.392 e. The SMILES string of the molecule is O[C@H]1CN[C@@H](c2nc(CCc3ccccc3)no2)C1. The topological polar surface area (TPSA) is 71.2 Å². The fourth-order valence-corrected chi connectivity index (χ4v) is 2.32. The molecule has 2 N–H and O–H groups in total. The lowest BCUT2D eigenvalue weighted by atomic mass is 10.1. The van der Waals surface area contributed by atoms with Gasteiger partial charge in [0.25, 0.3) is 0 Å². The van der Waals surface area contributed by atoms with Gasteiger partial charge in [0.2, 0.25) is 5.89 Å². The summed E-state index contributed by atoms with van der Waals surface area (Å²) in [5.41, 5.74) is 1.27. The fraction of sp³-hybridized carbons (Fsp3) is 0.429. The first-order chi connectivity index (χ1) is 9.31. The second-order valence-electron chi connectivity index (χ2n) is 4.88. The van der Waals surface area contributed by atoms with E-state index in [9.17, 15) is 5.11 Å². The molecule has 2 aromatic rings. The molecule has 5 nitrogen and oxygen atoms in total. The molecule has 1 saturated heterocycles. The van der Waals surface area contributed by atoms with Crippen LogP contribution in [0.4, 0.5) is 0 Å². The summed E-state index contributed by atoms with van der Waals surface area (Å²) < 4.78 is 5.25. The largest absolute Gasteiger partial charge is 0.392 e. The molecule has 1 aliphatic heterocycles. The number of hydrogen-bond acceptors (Lipinski definition) is 5. The third-order valence-electron chi connectivity index (χ3n) is 3.37. The van der Waals surface area contributed by atoms with Crippen LogP contribution in [0, 0.1) is 0 Å². The highest BCUT2D eigenvalue weighted by Crippen LogP contribution is 2.21. The smallest absolute Gasteiger partial charge is 0.243 e. The third-order valence-corrected chi connectivity index (χ3v) is 3.37. The molecule has 2 atom stereocenters. The molecular weight excluding hydrogens is 242 g/mol. The number of nitrogens with one attached hydrogen (secondary N) is 1. The van der Waals surface area contributed by atoms with Gasteiger partial charge < -0.3 is 14.9 Å². The predicted molar refractivity (Wildman–Crippen MR) is 69.5 cm³/mol. The molecule has 2 heterocycles. The summed E-state index contributed by atoms with van der Waals surface area (Å²) in [4.78, 5) is 4.39. The number of benzene rings is 1. The average molecular weight is 259 g/mol. The number of hydrogen-bond donors (Lipinski definition) is 2. The lowest BCUT2D eigenvalue weighted by Gasteiger charge is -2.01. The van der Waals surface area contributed by atoms with Gasteiger partial charge >= 0.3 is 0 Å². The third kappa shape index (κ3) is 3.00. The van der Waals surface area contributed by atoms with E-state index in [1.807, 2.05) is 18.2 Å². The van der Waals surface area contributed by atoms with Gasteiger partial charge in [-0.1, -0.05) is 35.5 Å². The standard InChI is InChI=1S/C14H17N3O2/c18-11-8-12(15-9-11)14-16-13(17-19-14)7-6-10-4-2-1-3-5-10/h1-5,11-12,15,18H,6-9H2/t11-,12-/m1/s1. The second kappa shape index (κ2) is 5.50. The van der Waals surface area contributed by atoms with Crippen LogP contribution in [0.15, 0.2) is 34.9 Å². The molecule has 1 aromatic carbocycles. The summed E-state index contributed by atoms with van der Waals surface area (Å²) in [6.45, 7) is 0.590. The van der Waals surface area contributed by atoms with Crippen molar-refractivity contribution in [3.63, 3.8) is 0 Å². The summed E-state index contributed by atoms with van der Waals surface area (Å²) in [5, 5.41) is 16.6. The van der Waals surface area contributed by atoms with E-state index < -0.39 is 0 Å². The first-order valence-electron chi connectivity index (χ1n) is 6.59. The van der Waals surface area contributed by atoms with Gasteiger partial charge in [0, 0.05) is 13.0 Å². The van der Waals surface area contributed by atoms with Crippen molar-refractivity contribution in [2.24, 2.45) is 0 Å². The average Bonchev–Trinajstić information content (AvgIpc) is 3.06. The maximum atomic E-state index is 9.47. The molecule has 1 aromatic heterocycles. The van der Waals surface area contributed by atoms with Crippen LogP contribution < -0.4 is 5.32 Å². The van der Waals surface area contributed by atoms with Gasteiger partial charge in [0.15, 0.2) is 5.82 Å². The number of aliphatic hydroxyl groups excluding tert-OH is 1. The summed E-state index contributed by atoms with van der Waals surface area (Å²) in [7, 11) is 0. The molecule has 0 bridgehead atoms. The van der Waals surface area contributed by atoms with Crippen LogP contribution in [0.1, 0.15) is 29.7 Å². The van der Waals surface area contributed by atoms with Gasteiger partial charge in [-0.05, 0) is 18.4 Å². The molecule has 5 heteroatoms. The van der Waals surface area contributed by atoms with Gasteiger partial charge in [0.05, 0.1) is 12.1 Å².